The van der Waals surface area contributed by atoms with Gasteiger partial charge in [0.15, 0.2) is 0 Å². The Labute approximate surface area is 255 Å². The van der Waals surface area contributed by atoms with E-state index in [9.17, 15) is 25.9 Å². The zero-order valence-corrected chi connectivity index (χ0v) is 26.7. The minimum absolute atomic E-state index is 0. The predicted molar refractivity (Wildman–Crippen MR) is 125 cm³/mol. The minimum Gasteiger partial charge on any atom is -0.744 e. The van der Waals surface area contributed by atoms with Crippen LogP contribution in [-0.4, -0.2) is 38.6 Å². The van der Waals surface area contributed by atoms with Crippen LogP contribution >= 0.6 is 0 Å². The van der Waals surface area contributed by atoms with Crippen LogP contribution in [0.1, 0.15) is 26.3 Å². The number of methoxy groups -OCH3 is 1. The summed E-state index contributed by atoms with van der Waals surface area (Å²) in [7, 11) is -8.47. The molecule has 0 aliphatic carbocycles. The topological polar surface area (TPSA) is 160 Å². The molecule has 10 nitrogen and oxygen atoms in total. The molecule has 0 amide bonds. The number of azo groups is 1. The van der Waals surface area contributed by atoms with Crippen LogP contribution in [0.25, 0.3) is 10.8 Å². The van der Waals surface area contributed by atoms with Crippen LogP contribution in [-0.2, 0) is 20.2 Å². The number of hydrogen-bond donors (Lipinski definition) is 1. The van der Waals surface area contributed by atoms with E-state index in [1.54, 1.807) is 13.0 Å². The summed E-state index contributed by atoms with van der Waals surface area (Å²) in [5.41, 5.74) is 1.51. The molecule has 0 unspecified atom stereocenters. The summed E-state index contributed by atoms with van der Waals surface area (Å²) in [6.07, 6.45) is 0. The van der Waals surface area contributed by atoms with Gasteiger partial charge in [-0.3, -0.25) is 0 Å². The number of anilines is 1. The Morgan fingerprint density at radius 3 is 2.00 bits per heavy atom. The summed E-state index contributed by atoms with van der Waals surface area (Å²) in [4.78, 5) is -1.37. The molecule has 36 heavy (non-hydrogen) atoms. The van der Waals surface area contributed by atoms with Gasteiger partial charge in [-0.25, -0.2) is 16.8 Å². The Morgan fingerprint density at radius 1 is 0.861 bits per heavy atom. The third kappa shape index (κ3) is 7.97. The summed E-state index contributed by atoms with van der Waals surface area (Å²) < 4.78 is 76.0. The number of nitrogens with one attached hydrogen (secondary N) is 1. The second kappa shape index (κ2) is 12.2. The molecule has 14 heteroatoms. The number of hydrogen-bond acceptors (Lipinski definition) is 10. The molecule has 1 N–H and O–H groups in total. The molecule has 3 rings (SSSR count). The Balaban J connectivity index is 0.00000324. The smallest absolute Gasteiger partial charge is 0.744 e. The van der Waals surface area contributed by atoms with Crippen LogP contribution in [0.5, 0.6) is 5.75 Å². The van der Waals surface area contributed by atoms with Crippen molar-refractivity contribution in [2.75, 3.05) is 12.4 Å². The van der Waals surface area contributed by atoms with Gasteiger partial charge in [0.2, 0.25) is 0 Å². The van der Waals surface area contributed by atoms with Gasteiger partial charge in [0.05, 0.1) is 34.0 Å². The van der Waals surface area contributed by atoms with Crippen molar-refractivity contribution >= 4 is 48.1 Å². The van der Waals surface area contributed by atoms with Gasteiger partial charge in [-0.1, -0.05) is 12.1 Å². The van der Waals surface area contributed by atoms with Crippen molar-refractivity contribution in [3.8, 4) is 5.75 Å². The van der Waals surface area contributed by atoms with Gasteiger partial charge in [0.1, 0.15) is 26.0 Å². The number of nitrogens with zero attached hydrogens (tertiary/aromatic N) is 2. The Bertz CT molecular complexity index is 1520. The van der Waals surface area contributed by atoms with Crippen molar-refractivity contribution in [1.82, 2.24) is 0 Å². The number of ether oxygens (including phenoxy) is 1. The molecule has 0 bridgehead atoms. The molecule has 0 spiro atoms. The zero-order chi connectivity index (χ0) is 25.5. The second-order valence-electron chi connectivity index (χ2n) is 8.62. The first kappa shape index (κ1) is 33.0. The fourth-order valence-corrected chi connectivity index (χ4v) is 4.76. The number of rotatable bonds is 6. The molecule has 182 valence electrons. The number of benzene rings is 3. The third-order valence-corrected chi connectivity index (χ3v) is 6.51. The molecule has 3 aromatic carbocycles. The summed E-state index contributed by atoms with van der Waals surface area (Å²) in [6.45, 7) is 7.77. The normalized spacial score (nSPS) is 12.2. The van der Waals surface area contributed by atoms with Crippen LogP contribution in [0.3, 0.4) is 0 Å². The van der Waals surface area contributed by atoms with Gasteiger partial charge in [-0.05, 0) is 57.5 Å². The molecule has 0 saturated carbocycles. The van der Waals surface area contributed by atoms with E-state index in [0.717, 1.165) is 23.4 Å². The van der Waals surface area contributed by atoms with Crippen molar-refractivity contribution < 1.29 is 89.8 Å². The molecule has 0 aliphatic heterocycles. The van der Waals surface area contributed by atoms with Crippen molar-refractivity contribution in [2.45, 2.75) is 43.0 Å². The molecular formula is C22H23N3Na2O7S2. The van der Waals surface area contributed by atoms with E-state index in [1.807, 2.05) is 26.8 Å². The van der Waals surface area contributed by atoms with Gasteiger partial charge < -0.3 is 19.2 Å². The van der Waals surface area contributed by atoms with E-state index in [1.165, 1.54) is 25.3 Å². The van der Waals surface area contributed by atoms with Crippen LogP contribution < -0.4 is 69.2 Å². The van der Waals surface area contributed by atoms with E-state index in [4.69, 9.17) is 4.74 Å². The number of fused-ring (bicyclic) bond motifs is 1. The van der Waals surface area contributed by atoms with Crippen LogP contribution in [0.4, 0.5) is 17.1 Å². The third-order valence-electron chi connectivity index (χ3n) is 4.74. The van der Waals surface area contributed by atoms with Crippen LogP contribution in [0.15, 0.2) is 62.5 Å². The zero-order valence-electron chi connectivity index (χ0n) is 21.1. The maximum Gasteiger partial charge on any atom is 1.00 e. The number of aryl methyl sites for hydroxylation is 1. The van der Waals surface area contributed by atoms with Gasteiger partial charge in [-0.15, -0.1) is 0 Å². The predicted octanol–water partition coefficient (Wildman–Crippen LogP) is -1.40. The fourth-order valence-electron chi connectivity index (χ4n) is 3.36. The first-order chi connectivity index (χ1) is 15.6. The van der Waals surface area contributed by atoms with Gasteiger partial charge >= 0.3 is 59.1 Å². The summed E-state index contributed by atoms with van der Waals surface area (Å²) in [5, 5.41) is 11.0. The van der Waals surface area contributed by atoms with E-state index in [2.05, 4.69) is 15.5 Å². The van der Waals surface area contributed by atoms with Gasteiger partial charge in [0, 0.05) is 22.4 Å². The van der Waals surface area contributed by atoms with Crippen LogP contribution in [0, 0.1) is 6.92 Å². The van der Waals surface area contributed by atoms with Crippen molar-refractivity contribution in [1.29, 1.82) is 0 Å². The maximum absolute atomic E-state index is 11.8. The molecule has 0 fully saturated rings. The molecule has 3 aromatic rings. The van der Waals surface area contributed by atoms with Crippen molar-refractivity contribution in [3.63, 3.8) is 0 Å². The van der Waals surface area contributed by atoms with Crippen molar-refractivity contribution in [3.05, 3.63) is 48.0 Å². The minimum atomic E-state index is -5.02. The van der Waals surface area contributed by atoms with E-state index in [-0.39, 0.29) is 81.1 Å². The van der Waals surface area contributed by atoms with Gasteiger partial charge in [0.25, 0.3) is 0 Å². The monoisotopic (exact) mass is 551 g/mol. The molecule has 0 radical (unpaired) electrons. The van der Waals surface area contributed by atoms with Crippen molar-refractivity contribution in [2.24, 2.45) is 10.2 Å². The van der Waals surface area contributed by atoms with E-state index in [0.29, 0.717) is 11.4 Å². The Hall–Kier alpha value is -1.06. The van der Waals surface area contributed by atoms with Crippen LogP contribution in [0.2, 0.25) is 0 Å². The average Bonchev–Trinajstić information content (AvgIpc) is 2.69. The van der Waals surface area contributed by atoms with E-state index < -0.39 is 30.0 Å². The fraction of sp³-hybridized carbons (Fsp3) is 0.273. The molecule has 0 aromatic heterocycles. The molecular weight excluding hydrogens is 528 g/mol. The Morgan fingerprint density at radius 2 is 1.47 bits per heavy atom. The first-order valence-electron chi connectivity index (χ1n) is 9.97. The molecule has 0 heterocycles. The Kier molecular flexibility index (Phi) is 11.2. The first-order valence-corrected chi connectivity index (χ1v) is 12.8. The molecule has 0 atom stereocenters. The summed E-state index contributed by atoms with van der Waals surface area (Å²) in [6, 6.07) is 9.08. The molecule has 0 aliphatic rings. The second-order valence-corrected chi connectivity index (χ2v) is 11.3. The quantitative estimate of drug-likeness (QED) is 0.222. The van der Waals surface area contributed by atoms with E-state index >= 15 is 0 Å². The standard InChI is InChI=1S/C22H25N3O7S2.2Na/c1-13-9-18(23-22(2,3)4)19(32-5)12-17(13)25-24-14-10-16-15(21(11-14)34(29,30)31)7-6-8-20(16)33(26,27)28;;/h6-12,23H,1-5H3,(H,26,27,28)(H,29,30,31);;/q;2*+1/p-2. The SMILES string of the molecule is COc1cc(N=Nc2cc(S(=O)(=O)[O-])c3cccc(S(=O)(=O)[O-])c3c2)c(C)cc1NC(C)(C)C.[Na+].[Na+]. The average molecular weight is 552 g/mol. The summed E-state index contributed by atoms with van der Waals surface area (Å²) >= 11 is 0. The molecule has 0 saturated heterocycles. The summed E-state index contributed by atoms with van der Waals surface area (Å²) in [5.74, 6) is 0.496. The largest absolute Gasteiger partial charge is 1.00 e. The van der Waals surface area contributed by atoms with Gasteiger partial charge in [-0.2, -0.15) is 10.2 Å². The maximum atomic E-state index is 11.8.